The first-order valence-electron chi connectivity index (χ1n) is 16.2. The first kappa shape index (κ1) is 25.7. The van der Waals surface area contributed by atoms with Gasteiger partial charge in [-0.15, -0.1) is 0 Å². The molecule has 0 N–H and O–H groups in total. The van der Waals surface area contributed by atoms with E-state index in [1.165, 1.54) is 32.6 Å². The van der Waals surface area contributed by atoms with E-state index in [0.717, 1.165) is 50.8 Å². The number of rotatable bonds is 3. The third kappa shape index (κ3) is 3.29. The van der Waals surface area contributed by atoms with Gasteiger partial charge < -0.3 is 4.90 Å². The Balaban J connectivity index is 1.38. The second-order valence-corrected chi connectivity index (χ2v) is 12.5. The van der Waals surface area contributed by atoms with Crippen molar-refractivity contribution in [2.75, 3.05) is 4.90 Å². The highest BCUT2D eigenvalue weighted by Crippen LogP contribution is 2.45. The zero-order valence-electron chi connectivity index (χ0n) is 25.7. The van der Waals surface area contributed by atoms with Gasteiger partial charge in [0.15, 0.2) is 5.82 Å². The van der Waals surface area contributed by atoms with Gasteiger partial charge in [-0.1, -0.05) is 72.8 Å². The summed E-state index contributed by atoms with van der Waals surface area (Å²) < 4.78 is 4.89. The molecule has 0 radical (unpaired) electrons. The summed E-state index contributed by atoms with van der Waals surface area (Å²) in [5.74, 6) is 0.695. The number of anilines is 3. The molecule has 11 rings (SSSR count). The topological polar surface area (TPSA) is 51.8 Å². The second-order valence-electron chi connectivity index (χ2n) is 12.5. The molecule has 0 saturated carbocycles. The van der Waals surface area contributed by atoms with E-state index in [0.29, 0.717) is 5.82 Å². The molecular weight excluding hydrogens is 587 g/mol. The fourth-order valence-corrected chi connectivity index (χ4v) is 8.23. The molecule has 0 aliphatic carbocycles. The van der Waals surface area contributed by atoms with E-state index < -0.39 is 0 Å². The molecule has 5 aromatic carbocycles. The number of benzene rings is 5. The van der Waals surface area contributed by atoms with E-state index in [2.05, 4.69) is 141 Å². The van der Waals surface area contributed by atoms with Crippen LogP contribution >= 0.6 is 0 Å². The van der Waals surface area contributed by atoms with Crippen molar-refractivity contribution >= 4 is 73.1 Å². The molecule has 0 spiro atoms. The predicted octanol–water partition coefficient (Wildman–Crippen LogP) is 7.19. The maximum Gasteiger partial charge on any atom is 0.275 e. The molecule has 222 valence electrons. The molecule has 7 heteroatoms. The Morgan fingerprint density at radius 2 is 1.23 bits per heavy atom. The van der Waals surface area contributed by atoms with Crippen LogP contribution in [0.15, 0.2) is 152 Å². The molecule has 2 aliphatic heterocycles. The smallest absolute Gasteiger partial charge is 0.275 e. The molecule has 0 saturated heterocycles. The van der Waals surface area contributed by atoms with E-state index in [1.54, 1.807) is 0 Å². The van der Waals surface area contributed by atoms with Crippen LogP contribution in [0.4, 0.5) is 17.1 Å². The predicted molar refractivity (Wildman–Crippen MR) is 196 cm³/mol. The summed E-state index contributed by atoms with van der Waals surface area (Å²) in [5.41, 5.74) is 13.6. The molecule has 0 fully saturated rings. The van der Waals surface area contributed by atoms with Gasteiger partial charge in [-0.05, 0) is 71.6 Å². The van der Waals surface area contributed by atoms with Crippen LogP contribution < -0.4 is 21.4 Å². The van der Waals surface area contributed by atoms with Gasteiger partial charge in [0.05, 0.1) is 11.0 Å². The Bertz CT molecular complexity index is 2730. The van der Waals surface area contributed by atoms with Gasteiger partial charge in [-0.3, -0.25) is 14.1 Å². The second kappa shape index (κ2) is 9.53. The van der Waals surface area contributed by atoms with Gasteiger partial charge in [0.2, 0.25) is 0 Å². The van der Waals surface area contributed by atoms with Gasteiger partial charge in [0.25, 0.3) is 6.71 Å². The van der Waals surface area contributed by atoms with Crippen LogP contribution in [0.5, 0.6) is 0 Å². The maximum atomic E-state index is 5.22. The molecule has 0 unspecified atom stereocenters. The zero-order chi connectivity index (χ0) is 31.3. The Labute approximate surface area is 276 Å². The largest absolute Gasteiger partial charge is 0.311 e. The Morgan fingerprint density at radius 1 is 0.521 bits per heavy atom. The first-order valence-corrected chi connectivity index (χ1v) is 16.2. The lowest BCUT2D eigenvalue weighted by Crippen LogP contribution is -2.61. The third-order valence-electron chi connectivity index (χ3n) is 10.0. The van der Waals surface area contributed by atoms with Crippen molar-refractivity contribution in [2.45, 2.75) is 0 Å². The highest BCUT2D eigenvalue weighted by molar-refractivity contribution is 6.99. The molecule has 2 aliphatic rings. The minimum Gasteiger partial charge on any atom is -0.311 e. The quantitative estimate of drug-likeness (QED) is 0.198. The van der Waals surface area contributed by atoms with Crippen molar-refractivity contribution in [1.82, 2.24) is 24.1 Å². The van der Waals surface area contributed by atoms with Crippen LogP contribution in [0.3, 0.4) is 0 Å². The number of para-hydroxylation sites is 4. The molecule has 9 aromatic rings. The number of fused-ring (bicyclic) bond motifs is 9. The number of hydrogen-bond donors (Lipinski definition) is 0. The molecule has 6 heterocycles. The molecular formula is C41H25BN6. The minimum atomic E-state index is -0.0523. The SMILES string of the molecule is c1ccc(N2c3ccccc3B3c4c2cc(-c2ncccn2)cc4-n2c4c3nccc4c3c4ccccc4n(-c4ccccc4)c32)cc1. The number of aromatic nitrogens is 5. The van der Waals surface area contributed by atoms with Gasteiger partial charge in [0, 0.05) is 74.3 Å². The van der Waals surface area contributed by atoms with Crippen LogP contribution in [0.1, 0.15) is 0 Å². The van der Waals surface area contributed by atoms with E-state index >= 15 is 0 Å². The van der Waals surface area contributed by atoms with Crippen LogP contribution in [-0.2, 0) is 0 Å². The fraction of sp³-hybridized carbons (Fsp3) is 0. The fourth-order valence-electron chi connectivity index (χ4n) is 8.23. The minimum absolute atomic E-state index is 0.0523. The molecule has 4 aromatic heterocycles. The lowest BCUT2D eigenvalue weighted by Gasteiger charge is -2.40. The Morgan fingerprint density at radius 3 is 2.06 bits per heavy atom. The summed E-state index contributed by atoms with van der Waals surface area (Å²) in [6, 6.07) is 47.5. The van der Waals surface area contributed by atoms with Crippen LogP contribution in [0, 0.1) is 0 Å². The zero-order valence-corrected chi connectivity index (χ0v) is 25.7. The van der Waals surface area contributed by atoms with E-state index in [9.17, 15) is 0 Å². The van der Waals surface area contributed by atoms with Crippen molar-refractivity contribution in [3.63, 3.8) is 0 Å². The number of nitrogens with zero attached hydrogens (tertiary/aromatic N) is 6. The lowest BCUT2D eigenvalue weighted by atomic mass is 9.35. The summed E-state index contributed by atoms with van der Waals surface area (Å²) in [5, 5.41) is 3.66. The monoisotopic (exact) mass is 612 g/mol. The lowest BCUT2D eigenvalue weighted by molar-refractivity contribution is 1.06. The van der Waals surface area contributed by atoms with Crippen LogP contribution in [-0.4, -0.2) is 30.8 Å². The van der Waals surface area contributed by atoms with Crippen molar-refractivity contribution in [3.8, 4) is 22.8 Å². The number of pyridine rings is 1. The molecule has 48 heavy (non-hydrogen) atoms. The molecule has 6 nitrogen and oxygen atoms in total. The van der Waals surface area contributed by atoms with Crippen LogP contribution in [0.25, 0.3) is 55.6 Å². The van der Waals surface area contributed by atoms with Crippen LogP contribution in [0.2, 0.25) is 0 Å². The average Bonchev–Trinajstić information content (AvgIpc) is 3.68. The van der Waals surface area contributed by atoms with E-state index in [4.69, 9.17) is 15.0 Å². The van der Waals surface area contributed by atoms with Crippen molar-refractivity contribution in [3.05, 3.63) is 152 Å². The van der Waals surface area contributed by atoms with Gasteiger partial charge in [-0.25, -0.2) is 9.97 Å². The van der Waals surface area contributed by atoms with Gasteiger partial charge in [-0.2, -0.15) is 0 Å². The van der Waals surface area contributed by atoms with E-state index in [-0.39, 0.29) is 6.71 Å². The first-order chi connectivity index (χ1) is 23.9. The normalized spacial score (nSPS) is 12.9. The highest BCUT2D eigenvalue weighted by atomic mass is 15.2. The molecule has 0 atom stereocenters. The van der Waals surface area contributed by atoms with Crippen molar-refractivity contribution in [2.24, 2.45) is 0 Å². The summed E-state index contributed by atoms with van der Waals surface area (Å²) in [4.78, 5) is 17.1. The van der Waals surface area contributed by atoms with Gasteiger partial charge in [0.1, 0.15) is 5.65 Å². The summed E-state index contributed by atoms with van der Waals surface area (Å²) >= 11 is 0. The third-order valence-corrected chi connectivity index (χ3v) is 10.0. The van der Waals surface area contributed by atoms with Crippen molar-refractivity contribution < 1.29 is 0 Å². The van der Waals surface area contributed by atoms with Gasteiger partial charge >= 0.3 is 0 Å². The molecule has 0 bridgehead atoms. The summed E-state index contributed by atoms with van der Waals surface area (Å²) in [7, 11) is 0. The highest BCUT2D eigenvalue weighted by Gasteiger charge is 2.44. The summed E-state index contributed by atoms with van der Waals surface area (Å²) in [6.07, 6.45) is 5.64. The Kier molecular flexibility index (Phi) is 5.10. The van der Waals surface area contributed by atoms with Crippen molar-refractivity contribution in [1.29, 1.82) is 0 Å². The average molecular weight is 613 g/mol. The standard InChI is InChI=1S/C41H25BN6/c1-3-12-27(13-4-1)46-33-19-10-8-17-31(33)42-37-34(46)24-26(40-44-21-11-22-45-40)25-35(37)48-38-30(20-23-43-39(38)42)36-29-16-7-9-18-32(29)47(41(36)48)28-14-5-2-6-15-28/h1-25H. The number of hydrogen-bond acceptors (Lipinski definition) is 4. The molecule has 0 amide bonds. The Hall–Kier alpha value is -6.47. The summed E-state index contributed by atoms with van der Waals surface area (Å²) in [6.45, 7) is -0.0523. The van der Waals surface area contributed by atoms with E-state index in [1.807, 2.05) is 24.7 Å². The maximum absolute atomic E-state index is 5.22.